The van der Waals surface area contributed by atoms with Gasteiger partial charge in [0.25, 0.3) is 0 Å². The van der Waals surface area contributed by atoms with Crippen LogP contribution in [0.2, 0.25) is 0 Å². The highest BCUT2D eigenvalue weighted by molar-refractivity contribution is 5.84. The van der Waals surface area contributed by atoms with Crippen molar-refractivity contribution in [2.45, 2.75) is 26.4 Å². The van der Waals surface area contributed by atoms with E-state index in [1.807, 2.05) is 0 Å². The predicted octanol–water partition coefficient (Wildman–Crippen LogP) is 1.61. The van der Waals surface area contributed by atoms with Crippen LogP contribution in [0.25, 0.3) is 11.0 Å². The summed E-state index contributed by atoms with van der Waals surface area (Å²) in [5.74, 6) is 0. The molecule has 0 radical (unpaired) electrons. The van der Waals surface area contributed by atoms with Crippen molar-refractivity contribution < 1.29 is 9.53 Å². The Morgan fingerprint density at radius 1 is 1.38 bits per heavy atom. The van der Waals surface area contributed by atoms with Gasteiger partial charge in [0.05, 0.1) is 11.6 Å². The van der Waals surface area contributed by atoms with Gasteiger partial charge in [-0.15, -0.1) is 4.68 Å². The zero-order valence-electron chi connectivity index (χ0n) is 9.34. The highest BCUT2D eigenvalue weighted by atomic mass is 16.6. The molecule has 0 atom stereocenters. The molecule has 0 aliphatic heterocycles. The molecule has 0 saturated heterocycles. The number of rotatable bonds is 0. The molecular formula is C10H12N4O2. The predicted molar refractivity (Wildman–Crippen MR) is 57.0 cm³/mol. The molecule has 2 aromatic heterocycles. The fourth-order valence-electron chi connectivity index (χ4n) is 1.22. The molecular weight excluding hydrogens is 208 g/mol. The maximum Gasteiger partial charge on any atom is 0.437 e. The lowest BCUT2D eigenvalue weighted by Crippen LogP contribution is -2.27. The number of ether oxygens (including phenoxy) is 1. The van der Waals surface area contributed by atoms with Gasteiger partial charge in [-0.2, -0.15) is 5.10 Å². The van der Waals surface area contributed by atoms with E-state index in [0.717, 1.165) is 4.68 Å². The lowest BCUT2D eigenvalue weighted by molar-refractivity contribution is 0.0522. The van der Waals surface area contributed by atoms with Gasteiger partial charge in [-0.3, -0.25) is 0 Å². The molecule has 16 heavy (non-hydrogen) atoms. The van der Waals surface area contributed by atoms with Gasteiger partial charge in [-0.05, 0) is 20.8 Å². The molecule has 0 aliphatic carbocycles. The Kier molecular flexibility index (Phi) is 2.34. The molecule has 6 heteroatoms. The summed E-state index contributed by atoms with van der Waals surface area (Å²) in [6.45, 7) is 5.39. The van der Waals surface area contributed by atoms with Gasteiger partial charge in [0.15, 0.2) is 5.65 Å². The van der Waals surface area contributed by atoms with Crippen LogP contribution in [0.4, 0.5) is 4.79 Å². The quantitative estimate of drug-likeness (QED) is 0.674. The highest BCUT2D eigenvalue weighted by Crippen LogP contribution is 2.12. The Bertz CT molecular complexity index is 527. The molecule has 0 aromatic carbocycles. The molecule has 6 nitrogen and oxygen atoms in total. The highest BCUT2D eigenvalue weighted by Gasteiger charge is 2.20. The molecule has 0 aliphatic rings. The summed E-state index contributed by atoms with van der Waals surface area (Å²) in [7, 11) is 0. The van der Waals surface area contributed by atoms with Crippen LogP contribution in [-0.2, 0) is 4.74 Å². The van der Waals surface area contributed by atoms with Gasteiger partial charge in [0.1, 0.15) is 11.9 Å². The number of carbonyl (C=O) groups is 1. The first-order chi connectivity index (χ1) is 7.47. The molecule has 2 rings (SSSR count). The maximum atomic E-state index is 11.8. The first-order valence-corrected chi connectivity index (χ1v) is 4.84. The van der Waals surface area contributed by atoms with Crippen molar-refractivity contribution >= 4 is 17.1 Å². The second kappa shape index (κ2) is 3.55. The van der Waals surface area contributed by atoms with Gasteiger partial charge in [-0.25, -0.2) is 14.8 Å². The summed E-state index contributed by atoms with van der Waals surface area (Å²) in [6, 6.07) is 0. The maximum absolute atomic E-state index is 11.8. The standard InChI is InChI=1S/C10H12N4O2/c1-10(2,3)16-9(15)14-8-7(5-13-14)4-11-6-12-8/h4-6H,1-3H3. The van der Waals surface area contributed by atoms with Crippen molar-refractivity contribution in [3.8, 4) is 0 Å². The molecule has 0 amide bonds. The Hall–Kier alpha value is -1.98. The molecule has 0 bridgehead atoms. The fraction of sp³-hybridized carbons (Fsp3) is 0.400. The third-order valence-electron chi connectivity index (χ3n) is 1.80. The molecule has 0 spiro atoms. The zero-order chi connectivity index (χ0) is 11.8. The van der Waals surface area contributed by atoms with Crippen LogP contribution in [0.3, 0.4) is 0 Å². The third-order valence-corrected chi connectivity index (χ3v) is 1.80. The third kappa shape index (κ3) is 2.00. The van der Waals surface area contributed by atoms with E-state index < -0.39 is 11.7 Å². The van der Waals surface area contributed by atoms with E-state index in [4.69, 9.17) is 4.74 Å². The first-order valence-electron chi connectivity index (χ1n) is 4.84. The number of hydrogen-bond donors (Lipinski definition) is 0. The smallest absolute Gasteiger partial charge is 0.437 e. The average molecular weight is 220 g/mol. The minimum absolute atomic E-state index is 0.448. The number of carbonyl (C=O) groups excluding carboxylic acids is 1. The topological polar surface area (TPSA) is 69.9 Å². The van der Waals surface area contributed by atoms with Crippen LogP contribution in [0.15, 0.2) is 18.7 Å². The Morgan fingerprint density at radius 2 is 2.12 bits per heavy atom. The molecule has 2 heterocycles. The van der Waals surface area contributed by atoms with Crippen molar-refractivity contribution in [2.24, 2.45) is 0 Å². The second-order valence-corrected chi connectivity index (χ2v) is 4.34. The summed E-state index contributed by atoms with van der Waals surface area (Å²) in [4.78, 5) is 19.6. The second-order valence-electron chi connectivity index (χ2n) is 4.34. The molecule has 0 fully saturated rings. The number of aromatic nitrogens is 4. The van der Waals surface area contributed by atoms with E-state index in [2.05, 4.69) is 15.1 Å². The van der Waals surface area contributed by atoms with Gasteiger partial charge in [0.2, 0.25) is 0 Å². The number of fused-ring (bicyclic) bond motifs is 1. The van der Waals surface area contributed by atoms with E-state index in [1.54, 1.807) is 27.0 Å². The minimum atomic E-state index is -0.553. The van der Waals surface area contributed by atoms with Crippen LogP contribution < -0.4 is 0 Å². The van der Waals surface area contributed by atoms with E-state index in [9.17, 15) is 4.79 Å². The summed E-state index contributed by atoms with van der Waals surface area (Å²) in [5.41, 5.74) is -0.105. The molecule has 0 unspecified atom stereocenters. The Labute approximate surface area is 92.3 Å². The van der Waals surface area contributed by atoms with E-state index in [-0.39, 0.29) is 0 Å². The largest absolute Gasteiger partial charge is 0.442 e. The van der Waals surface area contributed by atoms with Crippen LogP contribution in [-0.4, -0.2) is 31.4 Å². The van der Waals surface area contributed by atoms with Crippen molar-refractivity contribution in [3.05, 3.63) is 18.7 Å². The minimum Gasteiger partial charge on any atom is -0.442 e. The average Bonchev–Trinajstić information content (AvgIpc) is 2.58. The monoisotopic (exact) mass is 220 g/mol. The summed E-state index contributed by atoms with van der Waals surface area (Å²) < 4.78 is 6.32. The Morgan fingerprint density at radius 3 is 2.81 bits per heavy atom. The number of nitrogens with zero attached hydrogens (tertiary/aromatic N) is 4. The SMILES string of the molecule is CC(C)(C)OC(=O)n1ncc2cncnc21. The van der Waals surface area contributed by atoms with Crippen LogP contribution in [0, 0.1) is 0 Å². The van der Waals surface area contributed by atoms with Crippen molar-refractivity contribution in [2.75, 3.05) is 0 Å². The van der Waals surface area contributed by atoms with Gasteiger partial charge >= 0.3 is 6.09 Å². The van der Waals surface area contributed by atoms with Gasteiger partial charge < -0.3 is 4.74 Å². The Balaban J connectivity index is 2.37. The zero-order valence-corrected chi connectivity index (χ0v) is 9.34. The molecule has 0 N–H and O–H groups in total. The van der Waals surface area contributed by atoms with Crippen LogP contribution >= 0.6 is 0 Å². The van der Waals surface area contributed by atoms with Crippen molar-refractivity contribution in [1.29, 1.82) is 0 Å². The van der Waals surface area contributed by atoms with E-state index >= 15 is 0 Å². The lowest BCUT2D eigenvalue weighted by Gasteiger charge is -2.18. The first kappa shape index (κ1) is 10.5. The van der Waals surface area contributed by atoms with Gasteiger partial charge in [-0.1, -0.05) is 0 Å². The summed E-state index contributed by atoms with van der Waals surface area (Å²) in [5, 5.41) is 4.62. The van der Waals surface area contributed by atoms with E-state index in [0.29, 0.717) is 11.0 Å². The summed E-state index contributed by atoms with van der Waals surface area (Å²) in [6.07, 6.45) is 3.95. The fourth-order valence-corrected chi connectivity index (χ4v) is 1.22. The van der Waals surface area contributed by atoms with Crippen LogP contribution in [0.5, 0.6) is 0 Å². The lowest BCUT2D eigenvalue weighted by atomic mass is 10.2. The molecule has 2 aromatic rings. The number of hydrogen-bond acceptors (Lipinski definition) is 5. The normalized spacial score (nSPS) is 11.7. The molecule has 0 saturated carbocycles. The van der Waals surface area contributed by atoms with E-state index in [1.165, 1.54) is 12.5 Å². The van der Waals surface area contributed by atoms with Crippen molar-refractivity contribution in [3.63, 3.8) is 0 Å². The van der Waals surface area contributed by atoms with Crippen molar-refractivity contribution in [1.82, 2.24) is 19.7 Å². The summed E-state index contributed by atoms with van der Waals surface area (Å²) >= 11 is 0. The van der Waals surface area contributed by atoms with Crippen LogP contribution in [0.1, 0.15) is 20.8 Å². The van der Waals surface area contributed by atoms with Gasteiger partial charge in [0, 0.05) is 6.20 Å². The molecule has 84 valence electrons.